The first kappa shape index (κ1) is 32.9. The highest BCUT2D eigenvalue weighted by atomic mass is 16.8. The smallest absolute Gasteiger partial charge is 0.329 e. The summed E-state index contributed by atoms with van der Waals surface area (Å²) in [5.74, 6) is -2.09. The first-order valence-corrected chi connectivity index (χ1v) is 12.5. The van der Waals surface area contributed by atoms with E-state index in [0.717, 1.165) is 6.92 Å². The molecule has 0 aromatic heterocycles. The van der Waals surface area contributed by atoms with Gasteiger partial charge in [-0.05, 0) is 6.92 Å². The average Bonchev–Trinajstić information content (AvgIpc) is 2.89. The molecule has 3 aliphatic heterocycles. The summed E-state index contributed by atoms with van der Waals surface area (Å²) in [6.45, 7) is -0.0694. The van der Waals surface area contributed by atoms with Gasteiger partial charge in [-0.15, -0.1) is 0 Å². The number of hydrogen-bond acceptors (Lipinski definition) is 16. The quantitative estimate of drug-likeness (QED) is 0.114. The van der Waals surface area contributed by atoms with Crippen LogP contribution in [0.5, 0.6) is 0 Å². The Kier molecular flexibility index (Phi) is 11.5. The van der Waals surface area contributed by atoms with Crippen LogP contribution in [0.25, 0.3) is 0 Å². The van der Waals surface area contributed by atoms with Gasteiger partial charge in [0, 0.05) is 6.92 Å². The van der Waals surface area contributed by atoms with E-state index in [2.05, 4.69) is 5.32 Å². The van der Waals surface area contributed by atoms with Crippen molar-refractivity contribution >= 4 is 11.9 Å². The van der Waals surface area contributed by atoms with Crippen LogP contribution in [0.3, 0.4) is 0 Å². The lowest BCUT2D eigenvalue weighted by atomic mass is 9.94. The lowest BCUT2D eigenvalue weighted by molar-refractivity contribution is -0.371. The standard InChI is InChI=1S/C22H37NO17/c1-6-12(29)14(31)15(32)21(36-6)40-18-11(23-7(2)26)20(34)37-9(4-25)17(18)39-22-16(33)19(35-5-10(27)28)13(30)8(3-24)38-22/h6,8-9,11-22,24-25,29-34H,3-5H2,1-2H3,(H,23,26)(H,27,28)/t6-,8-,9-,11+,12+,13-,14+,15-,16+,17+,18+,19-,20+,21-,22-/m0/s1. The van der Waals surface area contributed by atoms with Crippen molar-refractivity contribution in [3.63, 3.8) is 0 Å². The lowest BCUT2D eigenvalue weighted by Crippen LogP contribution is -2.69. The SMILES string of the molecule is CC(=O)N[C@@H]1[C@@H](O[C@@H]2O[C@@H](C)[C@@H](O)[C@@H](O)[C@@H]2O)[C@H](O[C@@H]2O[C@@H](CO)[C@H](O)[C@H](OCC(=O)O)[C@H]2O)[C@H](CO)O[C@H]1O. The number of carbonyl (C=O) groups excluding carboxylic acids is 1. The van der Waals surface area contributed by atoms with E-state index in [9.17, 15) is 50.4 Å². The number of nitrogens with one attached hydrogen (secondary N) is 1. The molecule has 0 aromatic rings. The maximum absolute atomic E-state index is 11.9. The van der Waals surface area contributed by atoms with Gasteiger partial charge in [0.1, 0.15) is 73.7 Å². The first-order chi connectivity index (χ1) is 18.8. The van der Waals surface area contributed by atoms with Gasteiger partial charge in [0.15, 0.2) is 18.9 Å². The predicted octanol–water partition coefficient (Wildman–Crippen LogP) is -6.29. The van der Waals surface area contributed by atoms with Crippen molar-refractivity contribution in [1.82, 2.24) is 5.32 Å². The molecule has 3 rings (SSSR count). The highest BCUT2D eigenvalue weighted by molar-refractivity contribution is 5.73. The van der Waals surface area contributed by atoms with Gasteiger partial charge in [-0.25, -0.2) is 4.79 Å². The summed E-state index contributed by atoms with van der Waals surface area (Å²) in [5.41, 5.74) is 0. The van der Waals surface area contributed by atoms with E-state index >= 15 is 0 Å². The molecule has 232 valence electrons. The molecule has 1 amide bonds. The molecule has 3 fully saturated rings. The number of aliphatic carboxylic acids is 1. The van der Waals surface area contributed by atoms with Gasteiger partial charge in [0.25, 0.3) is 0 Å². The molecule has 18 nitrogen and oxygen atoms in total. The van der Waals surface area contributed by atoms with Crippen molar-refractivity contribution in [3.05, 3.63) is 0 Å². The number of amides is 1. The summed E-state index contributed by atoms with van der Waals surface area (Å²) in [6, 6.07) is -1.46. The van der Waals surface area contributed by atoms with Gasteiger partial charge in [-0.2, -0.15) is 0 Å². The molecule has 15 atom stereocenters. The largest absolute Gasteiger partial charge is 0.480 e. The third-order valence-electron chi connectivity index (χ3n) is 6.83. The van der Waals surface area contributed by atoms with Crippen LogP contribution in [0.4, 0.5) is 0 Å². The van der Waals surface area contributed by atoms with Crippen LogP contribution in [-0.4, -0.2) is 170 Å². The van der Waals surface area contributed by atoms with Crippen LogP contribution in [0.2, 0.25) is 0 Å². The molecule has 0 aliphatic carbocycles. The van der Waals surface area contributed by atoms with E-state index in [4.69, 9.17) is 33.5 Å². The molecular weight excluding hydrogens is 550 g/mol. The highest BCUT2D eigenvalue weighted by Gasteiger charge is 2.54. The third kappa shape index (κ3) is 7.23. The van der Waals surface area contributed by atoms with E-state index in [0.29, 0.717) is 0 Å². The van der Waals surface area contributed by atoms with Gasteiger partial charge in [0.05, 0.1) is 19.3 Å². The fourth-order valence-corrected chi connectivity index (χ4v) is 4.75. The maximum Gasteiger partial charge on any atom is 0.329 e. The average molecular weight is 588 g/mol. The Morgan fingerprint density at radius 3 is 1.93 bits per heavy atom. The van der Waals surface area contributed by atoms with E-state index < -0.39 is 124 Å². The molecule has 0 spiro atoms. The van der Waals surface area contributed by atoms with Crippen LogP contribution < -0.4 is 5.32 Å². The second kappa shape index (κ2) is 14.0. The minimum Gasteiger partial charge on any atom is -0.480 e. The van der Waals surface area contributed by atoms with Crippen molar-refractivity contribution < 1.29 is 84.0 Å². The molecular formula is C22H37NO17. The Bertz CT molecular complexity index is 850. The first-order valence-electron chi connectivity index (χ1n) is 12.5. The zero-order valence-corrected chi connectivity index (χ0v) is 21.6. The van der Waals surface area contributed by atoms with Crippen molar-refractivity contribution in [2.24, 2.45) is 0 Å². The topological polar surface area (TPSA) is 284 Å². The van der Waals surface area contributed by atoms with Gasteiger partial charge in [0.2, 0.25) is 5.91 Å². The normalized spacial score (nSPS) is 46.1. The lowest BCUT2D eigenvalue weighted by Gasteiger charge is -2.49. The number of carboxylic acids is 1. The number of carboxylic acid groups (broad SMARTS) is 1. The van der Waals surface area contributed by atoms with Crippen LogP contribution in [0.15, 0.2) is 0 Å². The number of aliphatic hydroxyl groups is 8. The number of ether oxygens (including phenoxy) is 6. The Hall–Kier alpha value is -1.62. The Morgan fingerprint density at radius 1 is 0.750 bits per heavy atom. The Balaban J connectivity index is 1.93. The molecule has 0 aromatic carbocycles. The molecule has 10 N–H and O–H groups in total. The number of aliphatic hydroxyl groups excluding tert-OH is 8. The van der Waals surface area contributed by atoms with E-state index in [1.807, 2.05) is 0 Å². The summed E-state index contributed by atoms with van der Waals surface area (Å²) in [5, 5.41) is 93.5. The number of hydrogen-bond donors (Lipinski definition) is 10. The van der Waals surface area contributed by atoms with Crippen LogP contribution >= 0.6 is 0 Å². The monoisotopic (exact) mass is 587 g/mol. The molecule has 18 heteroatoms. The zero-order chi connectivity index (χ0) is 29.9. The zero-order valence-electron chi connectivity index (χ0n) is 21.6. The fourth-order valence-electron chi connectivity index (χ4n) is 4.75. The Morgan fingerprint density at radius 2 is 1.35 bits per heavy atom. The summed E-state index contributed by atoms with van der Waals surface area (Å²) >= 11 is 0. The predicted molar refractivity (Wildman–Crippen MR) is 123 cm³/mol. The third-order valence-corrected chi connectivity index (χ3v) is 6.83. The maximum atomic E-state index is 11.9. The summed E-state index contributed by atoms with van der Waals surface area (Å²) in [7, 11) is 0. The molecule has 3 aliphatic rings. The van der Waals surface area contributed by atoms with E-state index in [1.165, 1.54) is 6.92 Å². The molecule has 0 bridgehead atoms. The van der Waals surface area contributed by atoms with Gasteiger partial charge in [-0.1, -0.05) is 0 Å². The summed E-state index contributed by atoms with van der Waals surface area (Å²) < 4.78 is 33.0. The molecule has 0 saturated carbocycles. The Labute approximate surface area is 227 Å². The van der Waals surface area contributed by atoms with Crippen molar-refractivity contribution in [3.8, 4) is 0 Å². The van der Waals surface area contributed by atoms with Crippen molar-refractivity contribution in [2.45, 2.75) is 106 Å². The number of rotatable bonds is 10. The van der Waals surface area contributed by atoms with Crippen LogP contribution in [-0.2, 0) is 38.0 Å². The fraction of sp³-hybridized carbons (Fsp3) is 0.909. The molecule has 0 unspecified atom stereocenters. The van der Waals surface area contributed by atoms with E-state index in [1.54, 1.807) is 0 Å². The second-order valence-electron chi connectivity index (χ2n) is 9.73. The second-order valence-corrected chi connectivity index (χ2v) is 9.73. The van der Waals surface area contributed by atoms with Gasteiger partial charge < -0.3 is 79.7 Å². The van der Waals surface area contributed by atoms with Crippen LogP contribution in [0, 0.1) is 0 Å². The van der Waals surface area contributed by atoms with Gasteiger partial charge >= 0.3 is 5.97 Å². The van der Waals surface area contributed by atoms with Gasteiger partial charge in [-0.3, -0.25) is 4.79 Å². The van der Waals surface area contributed by atoms with Crippen LogP contribution in [0.1, 0.15) is 13.8 Å². The molecule has 3 saturated heterocycles. The summed E-state index contributed by atoms with van der Waals surface area (Å²) in [4.78, 5) is 22.9. The molecule has 0 radical (unpaired) electrons. The number of carbonyl (C=O) groups is 2. The van der Waals surface area contributed by atoms with Crippen molar-refractivity contribution in [2.75, 3.05) is 19.8 Å². The highest BCUT2D eigenvalue weighted by Crippen LogP contribution is 2.33. The summed E-state index contributed by atoms with van der Waals surface area (Å²) in [6.07, 6.45) is -22.5. The molecule has 40 heavy (non-hydrogen) atoms. The minimum absolute atomic E-state index is 0.670. The van der Waals surface area contributed by atoms with E-state index in [-0.39, 0.29) is 0 Å². The minimum atomic E-state index is -1.88. The van der Waals surface area contributed by atoms with Crippen molar-refractivity contribution in [1.29, 1.82) is 0 Å². The molecule has 3 heterocycles.